The quantitative estimate of drug-likeness (QED) is 0.791. The fraction of sp³-hybridized carbons (Fsp3) is 0.312. The molecule has 0 radical (unpaired) electrons. The molecule has 1 atom stereocenters. The van der Waals surface area contributed by atoms with E-state index >= 15 is 0 Å². The van der Waals surface area contributed by atoms with Gasteiger partial charge in [-0.3, -0.25) is 14.7 Å². The number of benzene rings is 1. The van der Waals surface area contributed by atoms with Crippen molar-refractivity contribution in [2.24, 2.45) is 0 Å². The van der Waals surface area contributed by atoms with E-state index < -0.39 is 0 Å². The van der Waals surface area contributed by atoms with Gasteiger partial charge >= 0.3 is 0 Å². The molecule has 0 bridgehead atoms. The first kappa shape index (κ1) is 15.1. The lowest BCUT2D eigenvalue weighted by Gasteiger charge is -2.15. The van der Waals surface area contributed by atoms with Crippen molar-refractivity contribution >= 4 is 11.8 Å². The minimum Gasteiger partial charge on any atom is -0.508 e. The molecule has 7 nitrogen and oxygen atoms in total. The van der Waals surface area contributed by atoms with Gasteiger partial charge in [0.05, 0.1) is 5.69 Å². The zero-order valence-corrected chi connectivity index (χ0v) is 12.7. The van der Waals surface area contributed by atoms with Crippen LogP contribution in [0.15, 0.2) is 30.3 Å². The van der Waals surface area contributed by atoms with Crippen LogP contribution in [0.3, 0.4) is 0 Å². The van der Waals surface area contributed by atoms with E-state index in [1.807, 2.05) is 0 Å². The van der Waals surface area contributed by atoms with Crippen molar-refractivity contribution in [3.8, 4) is 17.0 Å². The second-order valence-electron chi connectivity index (χ2n) is 5.65. The Morgan fingerprint density at radius 1 is 1.35 bits per heavy atom. The van der Waals surface area contributed by atoms with Crippen LogP contribution >= 0.6 is 0 Å². The third kappa shape index (κ3) is 3.33. The smallest absolute Gasteiger partial charge is 0.271 e. The van der Waals surface area contributed by atoms with Gasteiger partial charge in [0, 0.05) is 31.6 Å². The third-order valence-corrected chi connectivity index (χ3v) is 3.85. The standard InChI is InChI=1S/C16H18N4O3/c1-10(21)17-12-6-7-20(9-12)16(23)15-8-14(18-19-15)11-2-4-13(22)5-3-11/h2-5,8,12,22H,6-7,9H2,1H3,(H,17,21)(H,18,19)/t12-/m0/s1. The molecule has 120 valence electrons. The van der Waals surface area contributed by atoms with E-state index in [-0.39, 0.29) is 23.6 Å². The van der Waals surface area contributed by atoms with Crippen molar-refractivity contribution in [1.29, 1.82) is 0 Å². The molecular weight excluding hydrogens is 296 g/mol. The number of H-pyrrole nitrogens is 1. The van der Waals surface area contributed by atoms with E-state index in [9.17, 15) is 14.7 Å². The second-order valence-corrected chi connectivity index (χ2v) is 5.65. The molecule has 2 aromatic rings. The summed E-state index contributed by atoms with van der Waals surface area (Å²) in [5.41, 5.74) is 1.87. The summed E-state index contributed by atoms with van der Waals surface area (Å²) in [7, 11) is 0. The van der Waals surface area contributed by atoms with E-state index in [0.717, 1.165) is 12.0 Å². The highest BCUT2D eigenvalue weighted by molar-refractivity contribution is 5.93. The molecule has 0 saturated carbocycles. The molecule has 1 aromatic carbocycles. The molecule has 0 aliphatic carbocycles. The number of hydrogen-bond acceptors (Lipinski definition) is 4. The van der Waals surface area contributed by atoms with Gasteiger partial charge in [0.25, 0.3) is 5.91 Å². The minimum absolute atomic E-state index is 0.0101. The fourth-order valence-electron chi connectivity index (χ4n) is 2.73. The lowest BCUT2D eigenvalue weighted by Crippen LogP contribution is -2.37. The Morgan fingerprint density at radius 3 is 2.78 bits per heavy atom. The number of phenols is 1. The summed E-state index contributed by atoms with van der Waals surface area (Å²) in [5.74, 6) is -0.0301. The Balaban J connectivity index is 1.69. The molecule has 0 unspecified atom stereocenters. The summed E-state index contributed by atoms with van der Waals surface area (Å²) in [6, 6.07) is 8.33. The largest absolute Gasteiger partial charge is 0.508 e. The number of aromatic nitrogens is 2. The maximum atomic E-state index is 12.5. The van der Waals surface area contributed by atoms with Crippen molar-refractivity contribution in [3.63, 3.8) is 0 Å². The molecule has 7 heteroatoms. The van der Waals surface area contributed by atoms with Gasteiger partial charge in [-0.25, -0.2) is 0 Å². The van der Waals surface area contributed by atoms with Crippen LogP contribution in [0.2, 0.25) is 0 Å². The van der Waals surface area contributed by atoms with Crippen LogP contribution in [0.5, 0.6) is 5.75 Å². The molecule has 1 aliphatic heterocycles. The van der Waals surface area contributed by atoms with Crippen molar-refractivity contribution in [3.05, 3.63) is 36.0 Å². The number of likely N-dealkylation sites (tertiary alicyclic amines) is 1. The van der Waals surface area contributed by atoms with Crippen molar-refractivity contribution in [2.45, 2.75) is 19.4 Å². The first-order chi connectivity index (χ1) is 11.0. The van der Waals surface area contributed by atoms with E-state index in [4.69, 9.17) is 0 Å². The molecule has 1 aromatic heterocycles. The topological polar surface area (TPSA) is 98.3 Å². The van der Waals surface area contributed by atoms with Gasteiger partial charge in [0.15, 0.2) is 0 Å². The summed E-state index contributed by atoms with van der Waals surface area (Å²) in [6.07, 6.45) is 0.754. The number of amides is 2. The molecule has 2 heterocycles. The number of hydrogen-bond donors (Lipinski definition) is 3. The van der Waals surface area contributed by atoms with Crippen LogP contribution in [0, 0.1) is 0 Å². The molecule has 1 saturated heterocycles. The van der Waals surface area contributed by atoms with Gasteiger partial charge < -0.3 is 15.3 Å². The van der Waals surface area contributed by atoms with E-state index in [1.54, 1.807) is 35.2 Å². The van der Waals surface area contributed by atoms with Gasteiger partial charge in [0.1, 0.15) is 11.4 Å². The van der Waals surface area contributed by atoms with Gasteiger partial charge in [0.2, 0.25) is 5.91 Å². The van der Waals surface area contributed by atoms with Crippen LogP contribution < -0.4 is 5.32 Å². The zero-order valence-electron chi connectivity index (χ0n) is 12.7. The number of phenolic OH excluding ortho intramolecular Hbond substituents is 1. The maximum absolute atomic E-state index is 12.5. The van der Waals surface area contributed by atoms with Gasteiger partial charge in [-0.2, -0.15) is 5.10 Å². The molecular formula is C16H18N4O3. The normalized spacial score (nSPS) is 17.3. The number of carbonyl (C=O) groups is 2. The molecule has 1 fully saturated rings. The predicted molar refractivity (Wildman–Crippen MR) is 83.8 cm³/mol. The average Bonchev–Trinajstić information content (AvgIpc) is 3.16. The molecule has 23 heavy (non-hydrogen) atoms. The second kappa shape index (κ2) is 6.12. The van der Waals surface area contributed by atoms with Gasteiger partial charge in [-0.05, 0) is 36.8 Å². The fourth-order valence-corrected chi connectivity index (χ4v) is 2.73. The summed E-state index contributed by atoms with van der Waals surface area (Å²) >= 11 is 0. The van der Waals surface area contributed by atoms with Crippen molar-refractivity contribution in [1.82, 2.24) is 20.4 Å². The number of nitrogens with one attached hydrogen (secondary N) is 2. The van der Waals surface area contributed by atoms with Crippen LogP contribution in [-0.4, -0.2) is 51.1 Å². The van der Waals surface area contributed by atoms with E-state index in [2.05, 4.69) is 15.5 Å². The average molecular weight is 314 g/mol. The number of aromatic amines is 1. The zero-order chi connectivity index (χ0) is 16.4. The van der Waals surface area contributed by atoms with E-state index in [1.165, 1.54) is 6.92 Å². The number of nitrogens with zero attached hydrogens (tertiary/aromatic N) is 2. The van der Waals surface area contributed by atoms with Crippen LogP contribution in [0.4, 0.5) is 0 Å². The summed E-state index contributed by atoms with van der Waals surface area (Å²) in [5, 5.41) is 19.1. The van der Waals surface area contributed by atoms with E-state index in [0.29, 0.717) is 24.5 Å². The Hall–Kier alpha value is -2.83. The maximum Gasteiger partial charge on any atom is 0.271 e. The monoisotopic (exact) mass is 314 g/mol. The molecule has 3 rings (SSSR count). The number of aromatic hydroxyl groups is 1. The Bertz CT molecular complexity index is 723. The third-order valence-electron chi connectivity index (χ3n) is 3.85. The van der Waals surface area contributed by atoms with Crippen LogP contribution in [0.1, 0.15) is 23.8 Å². The highest BCUT2D eigenvalue weighted by atomic mass is 16.3. The first-order valence-electron chi connectivity index (χ1n) is 7.44. The lowest BCUT2D eigenvalue weighted by molar-refractivity contribution is -0.119. The Kier molecular flexibility index (Phi) is 4.01. The Morgan fingerprint density at radius 2 is 2.09 bits per heavy atom. The van der Waals surface area contributed by atoms with Crippen LogP contribution in [-0.2, 0) is 4.79 Å². The molecule has 2 amide bonds. The Labute approximate surface area is 133 Å². The van der Waals surface area contributed by atoms with Crippen LogP contribution in [0.25, 0.3) is 11.3 Å². The lowest BCUT2D eigenvalue weighted by atomic mass is 10.1. The molecule has 0 spiro atoms. The minimum atomic E-state index is -0.129. The van der Waals surface area contributed by atoms with Gasteiger partial charge in [-0.1, -0.05) is 0 Å². The molecule has 3 N–H and O–H groups in total. The van der Waals surface area contributed by atoms with Crippen molar-refractivity contribution < 1.29 is 14.7 Å². The summed E-state index contributed by atoms with van der Waals surface area (Å²) in [4.78, 5) is 25.3. The number of rotatable bonds is 3. The highest BCUT2D eigenvalue weighted by Crippen LogP contribution is 2.21. The van der Waals surface area contributed by atoms with Crippen molar-refractivity contribution in [2.75, 3.05) is 13.1 Å². The first-order valence-corrected chi connectivity index (χ1v) is 7.44. The van der Waals surface area contributed by atoms with Gasteiger partial charge in [-0.15, -0.1) is 0 Å². The number of carbonyl (C=O) groups excluding carboxylic acids is 2. The summed E-state index contributed by atoms with van der Waals surface area (Å²) in [6.45, 7) is 2.59. The summed E-state index contributed by atoms with van der Waals surface area (Å²) < 4.78 is 0. The molecule has 1 aliphatic rings. The SMILES string of the molecule is CC(=O)N[C@H]1CCN(C(=O)c2cc(-c3ccc(O)cc3)n[nH]2)C1. The predicted octanol–water partition coefficient (Wildman–Crippen LogP) is 1.13. The highest BCUT2D eigenvalue weighted by Gasteiger charge is 2.28.